The van der Waals surface area contributed by atoms with Crippen LogP contribution in [0.25, 0.3) is 305 Å². The molecule has 149 heavy (non-hydrogen) atoms. The molecule has 5 heterocycles. The van der Waals surface area contributed by atoms with Crippen LogP contribution < -0.4 is 0 Å². The summed E-state index contributed by atoms with van der Waals surface area (Å²) in [6.07, 6.45) is 0. The van der Waals surface area contributed by atoms with Crippen molar-refractivity contribution in [2.24, 2.45) is 0 Å². The van der Waals surface area contributed by atoms with Crippen LogP contribution in [0, 0.1) is 0 Å². The zero-order valence-electron chi connectivity index (χ0n) is 81.3. The van der Waals surface area contributed by atoms with Crippen LogP contribution in [-0.4, -0.2) is 8.80 Å². The van der Waals surface area contributed by atoms with Gasteiger partial charge in [-0.3, -0.25) is 0 Å². The number of aromatic nitrogens is 2. The number of thiophene rings is 1. The summed E-state index contributed by atoms with van der Waals surface area (Å²) < 4.78 is 5.01. The minimum absolute atomic E-state index is 1.23. The molecule has 0 amide bonds. The first-order chi connectivity index (χ1) is 74.0. The Bertz CT molecular complexity index is 10900. The molecule has 0 N–H and O–H groups in total. The van der Waals surface area contributed by atoms with E-state index in [1.165, 1.54) is 305 Å². The highest BCUT2D eigenvalue weighted by molar-refractivity contribution is 7.18. The molecule has 0 unspecified atom stereocenters. The molecule has 0 atom stereocenters. The molecule has 690 valence electrons. The van der Waals surface area contributed by atoms with Crippen LogP contribution in [-0.2, 0) is 0 Å². The van der Waals surface area contributed by atoms with Crippen molar-refractivity contribution in [3.8, 4) is 121 Å². The molecule has 5 aromatic heterocycles. The first-order valence-corrected chi connectivity index (χ1v) is 52.4. The summed E-state index contributed by atoms with van der Waals surface area (Å²) in [5.74, 6) is 0. The first-order valence-electron chi connectivity index (χ1n) is 51.6. The lowest BCUT2D eigenvalue weighted by atomic mass is 9.83. The summed E-state index contributed by atoms with van der Waals surface area (Å²) >= 11 is 1.85. The zero-order chi connectivity index (χ0) is 97.8. The van der Waals surface area contributed by atoms with Gasteiger partial charge in [0.05, 0.1) is 33.1 Å². The lowest BCUT2D eigenvalue weighted by molar-refractivity contribution is 1.37. The van der Waals surface area contributed by atoms with Crippen molar-refractivity contribution >= 4 is 195 Å². The molecule has 0 radical (unpaired) electrons. The Morgan fingerprint density at radius 1 is 0.114 bits per heavy atom. The molecule has 27 aromatic carbocycles. The summed E-state index contributed by atoms with van der Waals surface area (Å²) in [6.45, 7) is 0. The van der Waals surface area contributed by atoms with E-state index in [0.717, 1.165) is 0 Å². The minimum Gasteiger partial charge on any atom is -0.308 e. The van der Waals surface area contributed by atoms with E-state index in [9.17, 15) is 0 Å². The summed E-state index contributed by atoms with van der Waals surface area (Å²) in [5.41, 5.74) is 32.9. The fourth-order valence-electron chi connectivity index (χ4n) is 25.4. The molecular weight excluding hydrogens is 1810 g/mol. The van der Waals surface area contributed by atoms with Crippen molar-refractivity contribution in [1.82, 2.24) is 8.80 Å². The van der Waals surface area contributed by atoms with E-state index in [4.69, 9.17) is 0 Å². The molecule has 32 rings (SSSR count). The Hall–Kier alpha value is -19.2. The van der Waals surface area contributed by atoms with Gasteiger partial charge in [-0.2, -0.15) is 0 Å². The molecule has 3 heteroatoms. The standard InChI is InChI=1S/C50H32S.2C48H29N/c1-2-15-34(16-3-1)47-30-31-48(51-47)35-18-12-19-36(32-35)49-42-23-8-10-25-44(42)50(45-26-11-9-24-43(45)49)46-29-28-41(39-21-6-7-22-40(39)46)38-27-13-17-33-14-4-5-20-37(33)38;1-2-14-33-30(12-1)13-9-20-34(33)31-26-28-32(29-27-31)45-36-16-3-5-18-38(36)46(39-19-6-4-17-37(39)45)43-24-11-23-42-41-22-10-21-40-35-15-7-8-25-44(35)49(47(40)41)48(42)43;1-2-13-30(14-3-1)32-27-28-41(34-16-5-4-15-33(32)34)47-39-20-8-6-18-37(39)46(38-19-7-9-21-40(38)47)31-25-26-36-43-23-12-22-42-35-17-10-11-24-44(35)49(48(42)43)45(36)29-31/h1-32H;2*1-29H. The molecule has 0 fully saturated rings. The van der Waals surface area contributed by atoms with Gasteiger partial charge in [-0.25, -0.2) is 0 Å². The molecule has 32 aromatic rings. The Labute approximate surface area is 864 Å². The van der Waals surface area contributed by atoms with Gasteiger partial charge in [-0.05, 0) is 250 Å². The van der Waals surface area contributed by atoms with Crippen molar-refractivity contribution in [2.75, 3.05) is 0 Å². The average molecular weight is 1900 g/mol. The summed E-state index contributed by atoms with van der Waals surface area (Å²) in [5, 5.41) is 35.8. The zero-order valence-corrected chi connectivity index (χ0v) is 82.1. The van der Waals surface area contributed by atoms with Crippen LogP contribution in [0.5, 0.6) is 0 Å². The van der Waals surface area contributed by atoms with E-state index in [1.54, 1.807) is 0 Å². The molecule has 0 spiro atoms. The van der Waals surface area contributed by atoms with E-state index >= 15 is 0 Å². The molecular formula is C146H90N2S. The maximum Gasteiger partial charge on any atom is 0.0620 e. The van der Waals surface area contributed by atoms with E-state index in [2.05, 4.69) is 555 Å². The van der Waals surface area contributed by atoms with Crippen LogP contribution in [0.1, 0.15) is 0 Å². The second-order valence-electron chi connectivity index (χ2n) is 39.6. The number of fused-ring (bicyclic) bond motifs is 22. The van der Waals surface area contributed by atoms with E-state index in [1.807, 2.05) is 11.3 Å². The molecule has 0 saturated carbocycles. The number of rotatable bonds is 11. The summed E-state index contributed by atoms with van der Waals surface area (Å²) in [6, 6.07) is 201. The smallest absolute Gasteiger partial charge is 0.0620 e. The Kier molecular flexibility index (Phi) is 20.0. The van der Waals surface area contributed by atoms with Gasteiger partial charge in [-0.15, -0.1) is 11.3 Å². The monoisotopic (exact) mass is 1900 g/mol. The number of para-hydroxylation sites is 5. The van der Waals surface area contributed by atoms with Gasteiger partial charge < -0.3 is 8.80 Å². The van der Waals surface area contributed by atoms with E-state index in [0.29, 0.717) is 0 Å². The maximum absolute atomic E-state index is 2.52. The molecule has 0 aliphatic rings. The SMILES string of the molecule is c1ccc(-c2ccc(-c3c4ccccc4c(-c4ccc5c6cccc7c8ccccc8n(c5c4)c76)c4ccccc34)c3ccccc23)cc1.c1ccc(-c2ccc(-c3cccc(-c4c5ccccc5c(-c5ccc(-c6cccc7ccccc67)c6ccccc56)c5ccccc45)c3)s2)cc1.c1ccc2c(-c3ccc(-c4c5ccccc5c(-c5cccc6c7cccc8c9ccccc9n(c56)c87)c5ccccc45)cc3)cccc2c1. The van der Waals surface area contributed by atoms with Gasteiger partial charge in [0.2, 0.25) is 0 Å². The van der Waals surface area contributed by atoms with Crippen molar-refractivity contribution in [3.63, 3.8) is 0 Å². The van der Waals surface area contributed by atoms with Crippen molar-refractivity contribution in [3.05, 3.63) is 546 Å². The minimum atomic E-state index is 1.23. The lowest BCUT2D eigenvalue weighted by Gasteiger charge is -2.20. The third kappa shape index (κ3) is 13.6. The maximum atomic E-state index is 2.52. The van der Waals surface area contributed by atoms with E-state index < -0.39 is 0 Å². The van der Waals surface area contributed by atoms with Gasteiger partial charge in [-0.1, -0.05) is 510 Å². The van der Waals surface area contributed by atoms with Crippen LogP contribution in [0.15, 0.2) is 546 Å². The number of hydrogen-bond donors (Lipinski definition) is 0. The molecule has 0 saturated heterocycles. The molecule has 0 bridgehead atoms. The normalized spacial score (nSPS) is 11.9. The molecule has 2 nitrogen and oxygen atoms in total. The molecule has 0 aliphatic carbocycles. The van der Waals surface area contributed by atoms with Gasteiger partial charge in [0, 0.05) is 58.4 Å². The fraction of sp³-hybridized carbons (Fsp3) is 0. The average Bonchev–Trinajstić information content (AvgIpc) is 1.55. The van der Waals surface area contributed by atoms with E-state index in [-0.39, 0.29) is 0 Å². The van der Waals surface area contributed by atoms with Crippen LogP contribution in [0.3, 0.4) is 0 Å². The predicted octanol–water partition coefficient (Wildman–Crippen LogP) is 41.3. The number of nitrogens with zero attached hydrogens (tertiary/aromatic N) is 2. The fourth-order valence-corrected chi connectivity index (χ4v) is 26.4. The third-order valence-corrected chi connectivity index (χ3v) is 32.9. The first kappa shape index (κ1) is 85.4. The number of benzene rings is 27. The Morgan fingerprint density at radius 2 is 0.376 bits per heavy atom. The summed E-state index contributed by atoms with van der Waals surface area (Å²) in [7, 11) is 0. The largest absolute Gasteiger partial charge is 0.308 e. The third-order valence-electron chi connectivity index (χ3n) is 31.7. The highest BCUT2D eigenvalue weighted by Crippen LogP contribution is 2.55. The lowest BCUT2D eigenvalue weighted by Crippen LogP contribution is -1.93. The second-order valence-corrected chi connectivity index (χ2v) is 40.7. The van der Waals surface area contributed by atoms with Crippen LogP contribution >= 0.6 is 11.3 Å². The highest BCUT2D eigenvalue weighted by Gasteiger charge is 2.29. The van der Waals surface area contributed by atoms with Crippen LogP contribution in [0.4, 0.5) is 0 Å². The Balaban J connectivity index is 0.000000103. The van der Waals surface area contributed by atoms with Gasteiger partial charge >= 0.3 is 0 Å². The van der Waals surface area contributed by atoms with Crippen LogP contribution in [0.2, 0.25) is 0 Å². The highest BCUT2D eigenvalue weighted by atomic mass is 32.1. The van der Waals surface area contributed by atoms with Crippen molar-refractivity contribution in [2.45, 2.75) is 0 Å². The summed E-state index contributed by atoms with van der Waals surface area (Å²) in [4.78, 5) is 2.56. The van der Waals surface area contributed by atoms with Crippen molar-refractivity contribution in [1.29, 1.82) is 0 Å². The topological polar surface area (TPSA) is 8.82 Å². The predicted molar refractivity (Wildman–Crippen MR) is 641 cm³/mol. The van der Waals surface area contributed by atoms with Gasteiger partial charge in [0.25, 0.3) is 0 Å². The number of hydrogen-bond acceptors (Lipinski definition) is 1. The second kappa shape index (κ2) is 34.8. The van der Waals surface area contributed by atoms with Gasteiger partial charge in [0.15, 0.2) is 0 Å². The quantitative estimate of drug-likeness (QED) is 0.114. The Morgan fingerprint density at radius 3 is 0.879 bits per heavy atom. The van der Waals surface area contributed by atoms with Gasteiger partial charge in [0.1, 0.15) is 0 Å². The van der Waals surface area contributed by atoms with Crippen molar-refractivity contribution < 1.29 is 0 Å². The molecule has 0 aliphatic heterocycles.